The van der Waals surface area contributed by atoms with Crippen molar-refractivity contribution in [3.8, 4) is 5.75 Å². The third kappa shape index (κ3) is 4.24. The van der Waals surface area contributed by atoms with E-state index in [0.717, 1.165) is 23.3 Å². The lowest BCUT2D eigenvalue weighted by Crippen LogP contribution is -2.14. The molecule has 29 heavy (non-hydrogen) atoms. The van der Waals surface area contributed by atoms with Gasteiger partial charge in [-0.3, -0.25) is 14.9 Å². The average Bonchev–Trinajstić information content (AvgIpc) is 3.24. The molecule has 0 unspecified atom stereocenters. The molecule has 7 heteroatoms. The van der Waals surface area contributed by atoms with Crippen LogP contribution in [0, 0.1) is 10.1 Å². The van der Waals surface area contributed by atoms with Crippen molar-refractivity contribution in [1.82, 2.24) is 9.55 Å². The molecule has 0 N–H and O–H groups in total. The summed E-state index contributed by atoms with van der Waals surface area (Å²) in [4.78, 5) is 27.2. The summed E-state index contributed by atoms with van der Waals surface area (Å²) in [7, 11) is 0. The predicted molar refractivity (Wildman–Crippen MR) is 108 cm³/mol. The molecule has 1 heterocycles. The van der Waals surface area contributed by atoms with Crippen molar-refractivity contribution >= 4 is 17.5 Å². The van der Waals surface area contributed by atoms with E-state index < -0.39 is 4.92 Å². The number of imidazole rings is 1. The summed E-state index contributed by atoms with van der Waals surface area (Å²) >= 11 is 0. The summed E-state index contributed by atoms with van der Waals surface area (Å²) in [5.41, 5.74) is 3.19. The van der Waals surface area contributed by atoms with Gasteiger partial charge in [-0.1, -0.05) is 0 Å². The Bertz CT molecular complexity index is 1070. The van der Waals surface area contributed by atoms with Gasteiger partial charge in [-0.25, -0.2) is 4.98 Å². The fourth-order valence-corrected chi connectivity index (χ4v) is 3.36. The van der Waals surface area contributed by atoms with Gasteiger partial charge in [0.25, 0.3) is 5.69 Å². The van der Waals surface area contributed by atoms with E-state index in [1.165, 1.54) is 12.1 Å². The molecule has 146 valence electrons. The number of hydrogen-bond acceptors (Lipinski definition) is 5. The summed E-state index contributed by atoms with van der Waals surface area (Å²) in [6.45, 7) is 1.23. The standard InChI is InChI=1S/C22H19N3O4/c26-22-18(13-16-1-5-19(6-2-16)25(27)28)4-3-17-14-20(7-8-21(17)22)29-12-11-24-10-9-23-15-24/h1-2,5-10,13-15H,3-4,11-12H2/b18-13-. The zero-order valence-electron chi connectivity index (χ0n) is 15.7. The first-order valence-electron chi connectivity index (χ1n) is 9.31. The van der Waals surface area contributed by atoms with Crippen molar-refractivity contribution in [2.75, 3.05) is 6.61 Å². The van der Waals surface area contributed by atoms with Gasteiger partial charge in [-0.05, 0) is 60.4 Å². The lowest BCUT2D eigenvalue weighted by Gasteiger charge is -2.19. The van der Waals surface area contributed by atoms with Gasteiger partial charge in [0.15, 0.2) is 5.78 Å². The van der Waals surface area contributed by atoms with Crippen LogP contribution in [0.4, 0.5) is 5.69 Å². The molecule has 1 aromatic heterocycles. The van der Waals surface area contributed by atoms with Gasteiger partial charge in [0.05, 0.1) is 17.8 Å². The maximum atomic E-state index is 12.8. The van der Waals surface area contributed by atoms with Gasteiger partial charge in [0, 0.05) is 35.7 Å². The Morgan fingerprint density at radius 3 is 2.72 bits per heavy atom. The number of hydrogen-bond donors (Lipinski definition) is 0. The highest BCUT2D eigenvalue weighted by Crippen LogP contribution is 2.29. The molecular formula is C22H19N3O4. The van der Waals surface area contributed by atoms with E-state index in [9.17, 15) is 14.9 Å². The number of aromatic nitrogens is 2. The number of carbonyl (C=O) groups excluding carboxylic acids is 1. The van der Waals surface area contributed by atoms with Crippen LogP contribution in [-0.4, -0.2) is 26.9 Å². The van der Waals surface area contributed by atoms with Gasteiger partial charge in [0.1, 0.15) is 12.4 Å². The summed E-state index contributed by atoms with van der Waals surface area (Å²) in [5.74, 6) is 0.744. The summed E-state index contributed by atoms with van der Waals surface area (Å²) in [5, 5.41) is 10.8. The minimum atomic E-state index is -0.436. The van der Waals surface area contributed by atoms with Crippen molar-refractivity contribution < 1.29 is 14.5 Å². The number of non-ortho nitro benzene ring substituents is 1. The van der Waals surface area contributed by atoms with Crippen LogP contribution in [-0.2, 0) is 13.0 Å². The molecular weight excluding hydrogens is 370 g/mol. The SMILES string of the molecule is O=C1/C(=C\c2ccc([N+](=O)[O-])cc2)CCc2cc(OCCn3ccnc3)ccc21. The number of ketones is 1. The fourth-order valence-electron chi connectivity index (χ4n) is 3.36. The van der Waals surface area contributed by atoms with Gasteiger partial charge in [0.2, 0.25) is 0 Å². The van der Waals surface area contributed by atoms with Crippen LogP contribution in [0.25, 0.3) is 6.08 Å². The quantitative estimate of drug-likeness (QED) is 0.360. The Morgan fingerprint density at radius 2 is 2.00 bits per heavy atom. The first kappa shape index (κ1) is 18.6. The molecule has 0 fully saturated rings. The zero-order valence-corrected chi connectivity index (χ0v) is 15.7. The molecule has 0 atom stereocenters. The number of nitro benzene ring substituents is 1. The number of nitrogens with zero attached hydrogens (tertiary/aromatic N) is 3. The molecule has 0 bridgehead atoms. The maximum Gasteiger partial charge on any atom is 0.269 e. The highest BCUT2D eigenvalue weighted by Gasteiger charge is 2.22. The normalized spacial score (nSPS) is 14.6. The molecule has 4 rings (SSSR count). The van der Waals surface area contributed by atoms with Gasteiger partial charge < -0.3 is 9.30 Å². The minimum absolute atomic E-state index is 0.00503. The molecule has 1 aliphatic carbocycles. The van der Waals surface area contributed by atoms with E-state index in [4.69, 9.17) is 4.74 Å². The number of allylic oxidation sites excluding steroid dienone is 1. The van der Waals surface area contributed by atoms with Crippen LogP contribution in [0.2, 0.25) is 0 Å². The van der Waals surface area contributed by atoms with Crippen LogP contribution in [0.1, 0.15) is 27.9 Å². The molecule has 0 saturated carbocycles. The maximum absolute atomic E-state index is 12.8. The van der Waals surface area contributed by atoms with E-state index in [-0.39, 0.29) is 11.5 Å². The van der Waals surface area contributed by atoms with Gasteiger partial charge in [-0.2, -0.15) is 0 Å². The Kier molecular flexibility index (Phi) is 5.20. The van der Waals surface area contributed by atoms with E-state index in [0.29, 0.717) is 30.7 Å². The van der Waals surface area contributed by atoms with E-state index in [1.807, 2.05) is 35.0 Å². The molecule has 2 aromatic carbocycles. The lowest BCUT2D eigenvalue weighted by molar-refractivity contribution is -0.384. The third-order valence-electron chi connectivity index (χ3n) is 4.90. The monoisotopic (exact) mass is 389 g/mol. The van der Waals surface area contributed by atoms with Crippen molar-refractivity contribution in [2.45, 2.75) is 19.4 Å². The largest absolute Gasteiger partial charge is 0.492 e. The number of rotatable bonds is 6. The number of Topliss-reactive ketones (excluding diaryl/α,β-unsaturated/α-hetero) is 1. The molecule has 0 saturated heterocycles. The summed E-state index contributed by atoms with van der Waals surface area (Å²) in [6.07, 6.45) is 8.54. The molecule has 0 radical (unpaired) electrons. The Hall–Kier alpha value is -3.74. The molecule has 1 aliphatic rings. The first-order valence-corrected chi connectivity index (χ1v) is 9.31. The molecule has 3 aromatic rings. The Balaban J connectivity index is 1.45. The van der Waals surface area contributed by atoms with Gasteiger partial charge in [-0.15, -0.1) is 0 Å². The van der Waals surface area contributed by atoms with Crippen molar-refractivity contribution in [3.05, 3.63) is 93.6 Å². The molecule has 0 spiro atoms. The third-order valence-corrected chi connectivity index (χ3v) is 4.90. The Labute approximate surface area is 167 Å². The fraction of sp³-hybridized carbons (Fsp3) is 0.182. The van der Waals surface area contributed by atoms with Crippen LogP contribution < -0.4 is 4.74 Å². The van der Waals surface area contributed by atoms with Crippen LogP contribution in [0.5, 0.6) is 5.75 Å². The van der Waals surface area contributed by atoms with E-state index in [2.05, 4.69) is 4.98 Å². The second-order valence-electron chi connectivity index (χ2n) is 6.82. The predicted octanol–water partition coefficient (Wildman–Crippen LogP) is 4.08. The van der Waals surface area contributed by atoms with Crippen LogP contribution >= 0.6 is 0 Å². The zero-order chi connectivity index (χ0) is 20.2. The topological polar surface area (TPSA) is 87.3 Å². The number of fused-ring (bicyclic) bond motifs is 1. The van der Waals surface area contributed by atoms with Crippen LogP contribution in [0.15, 0.2) is 66.8 Å². The molecule has 7 nitrogen and oxygen atoms in total. The second-order valence-corrected chi connectivity index (χ2v) is 6.82. The highest BCUT2D eigenvalue weighted by atomic mass is 16.6. The number of aryl methyl sites for hydroxylation is 1. The average molecular weight is 389 g/mol. The number of nitro groups is 1. The van der Waals surface area contributed by atoms with Crippen molar-refractivity contribution in [3.63, 3.8) is 0 Å². The van der Waals surface area contributed by atoms with E-state index >= 15 is 0 Å². The Morgan fingerprint density at radius 1 is 1.17 bits per heavy atom. The molecule has 0 aliphatic heterocycles. The first-order chi connectivity index (χ1) is 14.1. The van der Waals surface area contributed by atoms with E-state index in [1.54, 1.807) is 24.7 Å². The summed E-state index contributed by atoms with van der Waals surface area (Å²) < 4.78 is 7.75. The number of ether oxygens (including phenoxy) is 1. The second kappa shape index (κ2) is 8.10. The van der Waals surface area contributed by atoms with Crippen molar-refractivity contribution in [2.24, 2.45) is 0 Å². The van der Waals surface area contributed by atoms with Crippen molar-refractivity contribution in [1.29, 1.82) is 0 Å². The minimum Gasteiger partial charge on any atom is -0.492 e. The summed E-state index contributed by atoms with van der Waals surface area (Å²) in [6, 6.07) is 11.8. The highest BCUT2D eigenvalue weighted by molar-refractivity contribution is 6.13. The van der Waals surface area contributed by atoms with Crippen LogP contribution in [0.3, 0.4) is 0 Å². The smallest absolute Gasteiger partial charge is 0.269 e. The van der Waals surface area contributed by atoms with Gasteiger partial charge >= 0.3 is 0 Å². The number of benzene rings is 2. The lowest BCUT2D eigenvalue weighted by atomic mass is 9.86. The number of carbonyl (C=O) groups is 1. The molecule has 0 amide bonds.